The maximum Gasteiger partial charge on any atom is 0.193 e. The van der Waals surface area contributed by atoms with Crippen LogP contribution in [-0.4, -0.2) is 58.3 Å². The van der Waals surface area contributed by atoms with Gasteiger partial charge < -0.3 is 10.2 Å². The van der Waals surface area contributed by atoms with E-state index in [1.165, 1.54) is 17.7 Å². The first kappa shape index (κ1) is 17.9. The summed E-state index contributed by atoms with van der Waals surface area (Å²) in [5, 5.41) is 8.69. The minimum atomic E-state index is 0.719. The summed E-state index contributed by atoms with van der Waals surface area (Å²) in [5.74, 6) is 2.21. The van der Waals surface area contributed by atoms with E-state index >= 15 is 0 Å². The van der Waals surface area contributed by atoms with Crippen LogP contribution in [0, 0.1) is 0 Å². The molecule has 1 saturated heterocycles. The van der Waals surface area contributed by atoms with Crippen molar-refractivity contribution in [2.45, 2.75) is 25.0 Å². The first-order chi connectivity index (χ1) is 12.3. The number of hydrogen-bond donors (Lipinski definition) is 1. The summed E-state index contributed by atoms with van der Waals surface area (Å²) in [7, 11) is 1.87. The summed E-state index contributed by atoms with van der Waals surface area (Å²) < 4.78 is 1.93. The van der Waals surface area contributed by atoms with Gasteiger partial charge in [-0.05, 0) is 30.5 Å². The van der Waals surface area contributed by atoms with Crippen LogP contribution >= 0.6 is 11.8 Å². The molecular formula is C19H27N5S. The van der Waals surface area contributed by atoms with Crippen molar-refractivity contribution in [3.63, 3.8) is 0 Å². The monoisotopic (exact) mass is 357 g/mol. The van der Waals surface area contributed by atoms with Gasteiger partial charge in [-0.3, -0.25) is 4.99 Å². The second-order valence-electron chi connectivity index (χ2n) is 6.20. The van der Waals surface area contributed by atoms with Crippen molar-refractivity contribution >= 4 is 17.7 Å². The number of benzene rings is 1. The number of nitrogens with one attached hydrogen (secondary N) is 1. The molecular weight excluding hydrogens is 330 g/mol. The summed E-state index contributed by atoms with van der Waals surface area (Å²) in [6.07, 6.45) is 6.20. The molecule has 0 amide bonds. The number of thioether (sulfide) groups is 1. The van der Waals surface area contributed by atoms with Gasteiger partial charge in [-0.15, -0.1) is 0 Å². The Morgan fingerprint density at radius 1 is 1.36 bits per heavy atom. The molecule has 3 rings (SSSR count). The van der Waals surface area contributed by atoms with Crippen LogP contribution in [0.15, 0.2) is 47.7 Å². The minimum absolute atomic E-state index is 0.719. The van der Waals surface area contributed by atoms with Crippen molar-refractivity contribution in [3.8, 4) is 5.69 Å². The molecule has 6 heteroatoms. The smallest absolute Gasteiger partial charge is 0.193 e. The van der Waals surface area contributed by atoms with Crippen molar-refractivity contribution in [2.24, 2.45) is 4.99 Å². The van der Waals surface area contributed by atoms with Gasteiger partial charge in [-0.25, -0.2) is 4.68 Å². The van der Waals surface area contributed by atoms with E-state index in [0.717, 1.165) is 43.0 Å². The van der Waals surface area contributed by atoms with Crippen LogP contribution in [0.25, 0.3) is 5.69 Å². The number of rotatable bonds is 5. The Hall–Kier alpha value is -1.95. The molecule has 2 heterocycles. The molecule has 134 valence electrons. The molecule has 0 bridgehead atoms. The SMILES string of the molecule is CCC1CN(C(=NC)NCCc2cnn(-c3ccccc3)c2)CCS1. The lowest BCUT2D eigenvalue weighted by atomic mass is 10.2. The lowest BCUT2D eigenvalue weighted by molar-refractivity contribution is 0.408. The number of para-hydroxylation sites is 1. The first-order valence-electron chi connectivity index (χ1n) is 8.96. The highest BCUT2D eigenvalue weighted by Crippen LogP contribution is 2.21. The zero-order valence-electron chi connectivity index (χ0n) is 15.1. The van der Waals surface area contributed by atoms with E-state index in [9.17, 15) is 0 Å². The molecule has 1 aromatic heterocycles. The average Bonchev–Trinajstić information content (AvgIpc) is 3.15. The van der Waals surface area contributed by atoms with E-state index < -0.39 is 0 Å². The normalized spacial score (nSPS) is 18.4. The van der Waals surface area contributed by atoms with Crippen molar-refractivity contribution in [3.05, 3.63) is 48.3 Å². The molecule has 1 unspecified atom stereocenters. The predicted octanol–water partition coefficient (Wildman–Crippen LogP) is 2.82. The molecule has 5 nitrogen and oxygen atoms in total. The Bertz CT molecular complexity index is 682. The molecule has 25 heavy (non-hydrogen) atoms. The summed E-state index contributed by atoms with van der Waals surface area (Å²) in [6, 6.07) is 10.2. The zero-order valence-corrected chi connectivity index (χ0v) is 15.9. The van der Waals surface area contributed by atoms with Gasteiger partial charge >= 0.3 is 0 Å². The number of nitrogens with zero attached hydrogens (tertiary/aromatic N) is 4. The molecule has 1 aliphatic heterocycles. The van der Waals surface area contributed by atoms with Gasteiger partial charge in [0.2, 0.25) is 0 Å². The maximum atomic E-state index is 4.47. The van der Waals surface area contributed by atoms with E-state index in [2.05, 4.69) is 57.3 Å². The van der Waals surface area contributed by atoms with Gasteiger partial charge in [0, 0.05) is 43.9 Å². The summed E-state index contributed by atoms with van der Waals surface area (Å²) >= 11 is 2.08. The molecule has 0 radical (unpaired) electrons. The van der Waals surface area contributed by atoms with Crippen molar-refractivity contribution in [1.29, 1.82) is 0 Å². The number of aromatic nitrogens is 2. The Labute approximate surface area is 154 Å². The molecule has 1 N–H and O–H groups in total. The molecule has 1 atom stereocenters. The van der Waals surface area contributed by atoms with E-state index in [1.54, 1.807) is 0 Å². The quantitative estimate of drug-likeness (QED) is 0.660. The van der Waals surface area contributed by atoms with Gasteiger partial charge in [0.05, 0.1) is 11.9 Å². The van der Waals surface area contributed by atoms with Crippen molar-refractivity contribution in [1.82, 2.24) is 20.0 Å². The molecule has 0 spiro atoms. The fraction of sp³-hybridized carbons (Fsp3) is 0.474. The molecule has 2 aromatic rings. The van der Waals surface area contributed by atoms with Gasteiger partial charge in [0.25, 0.3) is 0 Å². The van der Waals surface area contributed by atoms with Crippen LogP contribution in [0.1, 0.15) is 18.9 Å². The molecule has 1 aliphatic rings. The largest absolute Gasteiger partial charge is 0.356 e. The van der Waals surface area contributed by atoms with E-state index in [0.29, 0.717) is 0 Å². The van der Waals surface area contributed by atoms with Crippen LogP contribution in [0.2, 0.25) is 0 Å². The van der Waals surface area contributed by atoms with Crippen LogP contribution in [-0.2, 0) is 6.42 Å². The van der Waals surface area contributed by atoms with Crippen molar-refractivity contribution in [2.75, 3.05) is 32.4 Å². The maximum absolute atomic E-state index is 4.47. The van der Waals surface area contributed by atoms with E-state index in [1.807, 2.05) is 36.1 Å². The molecule has 0 saturated carbocycles. The Morgan fingerprint density at radius 3 is 2.96 bits per heavy atom. The average molecular weight is 358 g/mol. The fourth-order valence-electron chi connectivity index (χ4n) is 3.02. The summed E-state index contributed by atoms with van der Waals surface area (Å²) in [5.41, 5.74) is 2.32. The van der Waals surface area contributed by atoms with Crippen LogP contribution < -0.4 is 5.32 Å². The van der Waals surface area contributed by atoms with Crippen LogP contribution in [0.4, 0.5) is 0 Å². The molecule has 0 aliphatic carbocycles. The third-order valence-corrected chi connectivity index (χ3v) is 5.83. The lowest BCUT2D eigenvalue weighted by Crippen LogP contribution is -2.48. The molecule has 1 fully saturated rings. The zero-order chi connectivity index (χ0) is 17.5. The number of hydrogen-bond acceptors (Lipinski definition) is 3. The highest BCUT2D eigenvalue weighted by Gasteiger charge is 2.21. The predicted molar refractivity (Wildman–Crippen MR) is 107 cm³/mol. The third kappa shape index (κ3) is 4.78. The van der Waals surface area contributed by atoms with E-state index in [-0.39, 0.29) is 0 Å². The van der Waals surface area contributed by atoms with E-state index in [4.69, 9.17) is 0 Å². The van der Waals surface area contributed by atoms with Gasteiger partial charge in [-0.2, -0.15) is 16.9 Å². The first-order valence-corrected chi connectivity index (χ1v) is 10.0. The van der Waals surface area contributed by atoms with Gasteiger partial charge in [-0.1, -0.05) is 25.1 Å². The number of guanidine groups is 1. The fourth-order valence-corrected chi connectivity index (χ4v) is 4.20. The number of aliphatic imine (C=N–C) groups is 1. The highest BCUT2D eigenvalue weighted by molar-refractivity contribution is 8.00. The van der Waals surface area contributed by atoms with Gasteiger partial charge in [0.1, 0.15) is 0 Å². The topological polar surface area (TPSA) is 45.4 Å². The van der Waals surface area contributed by atoms with Gasteiger partial charge in [0.15, 0.2) is 5.96 Å². The highest BCUT2D eigenvalue weighted by atomic mass is 32.2. The third-order valence-electron chi connectivity index (χ3n) is 4.46. The summed E-state index contributed by atoms with van der Waals surface area (Å²) in [4.78, 5) is 6.85. The van der Waals surface area contributed by atoms with Crippen molar-refractivity contribution < 1.29 is 0 Å². The Kier molecular flexibility index (Phi) is 6.39. The molecule has 1 aromatic carbocycles. The van der Waals surface area contributed by atoms with Crippen LogP contribution in [0.5, 0.6) is 0 Å². The second kappa shape index (κ2) is 8.94. The van der Waals surface area contributed by atoms with Crippen LogP contribution in [0.3, 0.4) is 0 Å². The Morgan fingerprint density at radius 2 is 2.20 bits per heavy atom. The second-order valence-corrected chi connectivity index (χ2v) is 7.61. The minimum Gasteiger partial charge on any atom is -0.356 e. The lowest BCUT2D eigenvalue weighted by Gasteiger charge is -2.34. The summed E-state index contributed by atoms with van der Waals surface area (Å²) in [6.45, 7) is 5.30. The standard InChI is InChI=1S/C19H27N5S/c1-3-18-15-23(11-12-25-18)19(20-2)21-10-9-16-13-22-24(14-16)17-7-5-4-6-8-17/h4-8,13-14,18H,3,9-12,15H2,1-2H3,(H,20,21). The Balaban J connectivity index is 1.51.